The number of carbonyl (C=O) groups excluding carboxylic acids is 2. The summed E-state index contributed by atoms with van der Waals surface area (Å²) in [6.45, 7) is 9.04. The summed E-state index contributed by atoms with van der Waals surface area (Å²) in [6.07, 6.45) is 1.79. The first-order valence-corrected chi connectivity index (χ1v) is 13.2. The van der Waals surface area contributed by atoms with E-state index in [1.54, 1.807) is 47.4 Å². The van der Waals surface area contributed by atoms with Gasteiger partial charge in [-0.25, -0.2) is 4.98 Å². The fourth-order valence-electron chi connectivity index (χ4n) is 4.19. The second-order valence-electron chi connectivity index (χ2n) is 9.19. The summed E-state index contributed by atoms with van der Waals surface area (Å²) in [7, 11) is 0. The van der Waals surface area contributed by atoms with Crippen molar-refractivity contribution < 1.29 is 19.4 Å². The molecule has 2 aromatic carbocycles. The molecule has 0 aliphatic carbocycles. The maximum atomic E-state index is 13.0. The minimum absolute atomic E-state index is 0.0642. The summed E-state index contributed by atoms with van der Waals surface area (Å²) in [5.41, 5.74) is 7.80. The lowest BCUT2D eigenvalue weighted by Gasteiger charge is -2.25. The van der Waals surface area contributed by atoms with E-state index in [4.69, 9.17) is 22.1 Å². The number of rotatable bonds is 12. The van der Waals surface area contributed by atoms with Crippen LogP contribution in [0.25, 0.3) is 11.0 Å². The van der Waals surface area contributed by atoms with Gasteiger partial charge in [0.2, 0.25) is 5.95 Å². The lowest BCUT2D eigenvalue weighted by Crippen LogP contribution is -2.34. The van der Waals surface area contributed by atoms with Gasteiger partial charge < -0.3 is 30.8 Å². The molecular formula is C29H31ClN6O4. The maximum Gasteiger partial charge on any atom is 0.267 e. The molecule has 0 saturated carbocycles. The van der Waals surface area contributed by atoms with Crippen LogP contribution in [0.1, 0.15) is 48.8 Å². The van der Waals surface area contributed by atoms with Crippen LogP contribution in [0.15, 0.2) is 66.9 Å². The fourth-order valence-corrected chi connectivity index (χ4v) is 4.41. The van der Waals surface area contributed by atoms with Gasteiger partial charge in [0.05, 0.1) is 11.0 Å². The van der Waals surface area contributed by atoms with Gasteiger partial charge in [-0.2, -0.15) is 0 Å². The van der Waals surface area contributed by atoms with Crippen molar-refractivity contribution in [2.75, 3.05) is 18.4 Å². The molecular weight excluding hydrogens is 532 g/mol. The zero-order valence-electron chi connectivity index (χ0n) is 22.3. The molecule has 5 N–H and O–H groups in total. The summed E-state index contributed by atoms with van der Waals surface area (Å²) < 4.78 is 5.85. The summed E-state index contributed by atoms with van der Waals surface area (Å²) in [4.78, 5) is 37.7. The zero-order chi connectivity index (χ0) is 28.8. The molecule has 1 atom stereocenters. The fraction of sp³-hybridized carbons (Fsp3) is 0.241. The number of aliphatic hydroxyl groups excluding tert-OH is 1. The number of hydrogen-bond acceptors (Lipinski definition) is 7. The SMILES string of the molecule is C=C(C(=O)N(CCC)CCC)C(O)c1cc(Nc2nc3ccc(Oc4ccnc(C(N)=O)c4)cc3[nH]2)ccc1Cl. The number of imidazole rings is 1. The van der Waals surface area contributed by atoms with Gasteiger partial charge in [-0.15, -0.1) is 0 Å². The Balaban J connectivity index is 1.51. The van der Waals surface area contributed by atoms with Crippen LogP contribution in [0.4, 0.5) is 11.6 Å². The number of H-pyrrole nitrogens is 1. The van der Waals surface area contributed by atoms with Gasteiger partial charge in [0.1, 0.15) is 23.3 Å². The Bertz CT molecular complexity index is 1550. The molecule has 0 spiro atoms. The van der Waals surface area contributed by atoms with Gasteiger partial charge in [0, 0.05) is 53.3 Å². The standard InChI is InChI=1S/C29H31ClN6O4/c1-4-12-36(13-5-2)28(39)17(3)26(37)21-14-18(6-8-22(21)30)33-29-34-23-9-7-19(15-24(23)35-29)40-20-10-11-32-25(16-20)27(31)38/h6-11,14-16,26,37H,3-5,12-13H2,1-2H3,(H2,31,38)(H2,33,34,35). The predicted octanol–water partition coefficient (Wildman–Crippen LogP) is 5.48. The second-order valence-corrected chi connectivity index (χ2v) is 9.60. The number of primary amides is 1. The van der Waals surface area contributed by atoms with Crippen LogP contribution < -0.4 is 15.8 Å². The minimum Gasteiger partial charge on any atom is -0.457 e. The number of pyridine rings is 1. The molecule has 0 radical (unpaired) electrons. The number of benzene rings is 2. The highest BCUT2D eigenvalue weighted by Gasteiger charge is 2.24. The summed E-state index contributed by atoms with van der Waals surface area (Å²) >= 11 is 6.40. The molecule has 1 unspecified atom stereocenters. The Kier molecular flexibility index (Phi) is 9.03. The number of aromatic amines is 1. The highest BCUT2D eigenvalue weighted by molar-refractivity contribution is 6.31. The van der Waals surface area contributed by atoms with Crippen LogP contribution in [-0.2, 0) is 4.79 Å². The van der Waals surface area contributed by atoms with E-state index in [-0.39, 0.29) is 17.2 Å². The lowest BCUT2D eigenvalue weighted by atomic mass is 10.0. The smallest absolute Gasteiger partial charge is 0.267 e. The van der Waals surface area contributed by atoms with Crippen molar-refractivity contribution in [2.24, 2.45) is 5.73 Å². The molecule has 0 fully saturated rings. The number of nitrogens with two attached hydrogens (primary N) is 1. The molecule has 0 bridgehead atoms. The molecule has 4 rings (SSSR count). The monoisotopic (exact) mass is 562 g/mol. The van der Waals surface area contributed by atoms with Crippen LogP contribution in [0.2, 0.25) is 5.02 Å². The zero-order valence-corrected chi connectivity index (χ0v) is 23.0. The summed E-state index contributed by atoms with van der Waals surface area (Å²) in [6, 6.07) is 13.4. The summed E-state index contributed by atoms with van der Waals surface area (Å²) in [5, 5.41) is 14.5. The quantitative estimate of drug-likeness (QED) is 0.167. The third-order valence-electron chi connectivity index (χ3n) is 6.11. The number of nitrogens with zero attached hydrogens (tertiary/aromatic N) is 3. The molecule has 0 aliphatic rings. The first-order chi connectivity index (χ1) is 19.2. The van der Waals surface area contributed by atoms with E-state index in [0.29, 0.717) is 57.8 Å². The molecule has 40 heavy (non-hydrogen) atoms. The normalized spacial score (nSPS) is 11.7. The summed E-state index contributed by atoms with van der Waals surface area (Å²) in [5.74, 6) is 0.444. The van der Waals surface area contributed by atoms with Gasteiger partial charge in [-0.05, 0) is 49.2 Å². The van der Waals surface area contributed by atoms with Gasteiger partial charge in [0.15, 0.2) is 0 Å². The van der Waals surface area contributed by atoms with Crippen LogP contribution in [-0.4, -0.2) is 49.9 Å². The van der Waals surface area contributed by atoms with E-state index in [0.717, 1.165) is 12.8 Å². The van der Waals surface area contributed by atoms with Crippen LogP contribution in [0.5, 0.6) is 11.5 Å². The molecule has 11 heteroatoms. The third kappa shape index (κ3) is 6.59. The Morgan fingerprint density at radius 3 is 2.55 bits per heavy atom. The molecule has 0 saturated heterocycles. The van der Waals surface area contributed by atoms with E-state index in [2.05, 4.69) is 26.8 Å². The highest BCUT2D eigenvalue weighted by Crippen LogP contribution is 2.32. The maximum absolute atomic E-state index is 13.0. The molecule has 10 nitrogen and oxygen atoms in total. The van der Waals surface area contributed by atoms with Crippen molar-refractivity contribution in [1.29, 1.82) is 0 Å². The average molecular weight is 563 g/mol. The van der Waals surface area contributed by atoms with Gasteiger partial charge >= 0.3 is 0 Å². The van der Waals surface area contributed by atoms with Crippen molar-refractivity contribution in [2.45, 2.75) is 32.8 Å². The number of fused-ring (bicyclic) bond motifs is 1. The van der Waals surface area contributed by atoms with E-state index in [9.17, 15) is 14.7 Å². The van der Waals surface area contributed by atoms with Crippen molar-refractivity contribution >= 4 is 46.1 Å². The van der Waals surface area contributed by atoms with Crippen molar-refractivity contribution in [3.05, 3.63) is 83.2 Å². The van der Waals surface area contributed by atoms with E-state index in [1.807, 2.05) is 13.8 Å². The Hall–Kier alpha value is -4.41. The van der Waals surface area contributed by atoms with Crippen molar-refractivity contribution in [3.63, 3.8) is 0 Å². The topological polar surface area (TPSA) is 146 Å². The van der Waals surface area contributed by atoms with E-state index < -0.39 is 12.0 Å². The average Bonchev–Trinajstić information content (AvgIpc) is 3.34. The van der Waals surface area contributed by atoms with Gasteiger partial charge in [0.25, 0.3) is 11.8 Å². The number of halogens is 1. The number of aromatic nitrogens is 3. The first kappa shape index (κ1) is 28.6. The molecule has 2 heterocycles. The largest absolute Gasteiger partial charge is 0.457 e. The van der Waals surface area contributed by atoms with Crippen molar-refractivity contribution in [3.8, 4) is 11.5 Å². The second kappa shape index (κ2) is 12.6. The molecule has 2 aromatic heterocycles. The molecule has 0 aliphatic heterocycles. The predicted molar refractivity (Wildman–Crippen MR) is 155 cm³/mol. The Labute approximate surface area is 236 Å². The van der Waals surface area contributed by atoms with Crippen LogP contribution in [0, 0.1) is 0 Å². The third-order valence-corrected chi connectivity index (χ3v) is 6.45. The minimum atomic E-state index is -1.27. The van der Waals surface area contributed by atoms with E-state index in [1.165, 1.54) is 12.3 Å². The van der Waals surface area contributed by atoms with Crippen molar-refractivity contribution in [1.82, 2.24) is 19.9 Å². The Morgan fingerprint density at radius 2 is 1.85 bits per heavy atom. The highest BCUT2D eigenvalue weighted by atomic mass is 35.5. The van der Waals surface area contributed by atoms with Gasteiger partial charge in [-0.3, -0.25) is 14.6 Å². The number of anilines is 2. The number of amides is 2. The first-order valence-electron chi connectivity index (χ1n) is 12.9. The number of hydrogen-bond donors (Lipinski definition) is 4. The van der Waals surface area contributed by atoms with Crippen LogP contribution >= 0.6 is 11.6 Å². The number of aliphatic hydroxyl groups is 1. The molecule has 208 valence electrons. The van der Waals surface area contributed by atoms with Gasteiger partial charge in [-0.1, -0.05) is 32.0 Å². The number of carbonyl (C=O) groups is 2. The van der Waals surface area contributed by atoms with Crippen LogP contribution in [0.3, 0.4) is 0 Å². The number of ether oxygens (including phenoxy) is 1. The van der Waals surface area contributed by atoms with E-state index >= 15 is 0 Å². The lowest BCUT2D eigenvalue weighted by molar-refractivity contribution is -0.128. The Morgan fingerprint density at radius 1 is 1.12 bits per heavy atom. The molecule has 2 amide bonds. The molecule has 4 aromatic rings. The number of nitrogens with one attached hydrogen (secondary N) is 2.